The molecule has 0 aliphatic carbocycles. The molecule has 2 aromatic carbocycles. The quantitative estimate of drug-likeness (QED) is 0.669. The van der Waals surface area contributed by atoms with Gasteiger partial charge in [-0.2, -0.15) is 0 Å². The van der Waals surface area contributed by atoms with Gasteiger partial charge < -0.3 is 15.2 Å². The van der Waals surface area contributed by atoms with Crippen LogP contribution in [0.5, 0.6) is 11.5 Å². The van der Waals surface area contributed by atoms with Crippen LogP contribution < -0.4 is 10.1 Å². The maximum Gasteiger partial charge on any atom is 0.257 e. The Morgan fingerprint density at radius 2 is 1.96 bits per heavy atom. The summed E-state index contributed by atoms with van der Waals surface area (Å²) in [5.74, 6) is 0.106. The number of hydrogen-bond acceptors (Lipinski definition) is 5. The van der Waals surface area contributed by atoms with Crippen molar-refractivity contribution in [1.82, 2.24) is 10.3 Å². The topological polar surface area (TPSA) is 71.5 Å². The molecule has 0 aliphatic rings. The second kappa shape index (κ2) is 8.49. The zero-order chi connectivity index (χ0) is 18.4. The Morgan fingerprint density at radius 1 is 1.19 bits per heavy atom. The highest BCUT2D eigenvalue weighted by molar-refractivity contribution is 7.09. The zero-order valence-electron chi connectivity index (χ0n) is 14.4. The molecule has 0 aliphatic heterocycles. The number of nitrogens with zero attached hydrogens (tertiary/aromatic N) is 1. The standard InChI is InChI=1S/C20H20N2O3S/c1-14-22-17(13-26-14)16-8-6-15(7-9-16)10-11-21-20(24)12-25-19-5-3-2-4-18(19)23/h2-9,13,23H,10-12H2,1H3,(H,21,24). The normalized spacial score (nSPS) is 10.5. The summed E-state index contributed by atoms with van der Waals surface area (Å²) in [4.78, 5) is 16.3. The maximum atomic E-state index is 11.8. The van der Waals surface area contributed by atoms with Gasteiger partial charge in [0, 0.05) is 17.5 Å². The molecule has 3 rings (SSSR count). The number of ether oxygens (including phenoxy) is 1. The van der Waals surface area contributed by atoms with Crippen LogP contribution in [0.4, 0.5) is 0 Å². The number of carbonyl (C=O) groups is 1. The molecule has 0 atom stereocenters. The average molecular weight is 368 g/mol. The molecule has 0 fully saturated rings. The number of hydrogen-bond donors (Lipinski definition) is 2. The molecule has 3 aromatic rings. The Kier molecular flexibility index (Phi) is 5.86. The van der Waals surface area contributed by atoms with E-state index in [2.05, 4.69) is 27.8 Å². The molecular weight excluding hydrogens is 348 g/mol. The molecular formula is C20H20N2O3S. The molecule has 2 N–H and O–H groups in total. The van der Waals surface area contributed by atoms with Crippen molar-refractivity contribution in [3.63, 3.8) is 0 Å². The van der Waals surface area contributed by atoms with E-state index < -0.39 is 0 Å². The van der Waals surface area contributed by atoms with Crippen LogP contribution in [0, 0.1) is 6.92 Å². The minimum Gasteiger partial charge on any atom is -0.504 e. The van der Waals surface area contributed by atoms with Gasteiger partial charge >= 0.3 is 0 Å². The van der Waals surface area contributed by atoms with Gasteiger partial charge in [-0.1, -0.05) is 36.4 Å². The molecule has 6 heteroatoms. The monoisotopic (exact) mass is 368 g/mol. The summed E-state index contributed by atoms with van der Waals surface area (Å²) in [5, 5.41) is 15.5. The molecule has 134 valence electrons. The fourth-order valence-electron chi connectivity index (χ4n) is 2.46. The number of amides is 1. The van der Waals surface area contributed by atoms with Crippen molar-refractivity contribution in [2.45, 2.75) is 13.3 Å². The molecule has 0 saturated carbocycles. The van der Waals surface area contributed by atoms with Gasteiger partial charge in [-0.25, -0.2) is 4.98 Å². The maximum absolute atomic E-state index is 11.8. The largest absolute Gasteiger partial charge is 0.504 e. The van der Waals surface area contributed by atoms with Gasteiger partial charge in [0.15, 0.2) is 18.1 Å². The third-order valence-corrected chi connectivity index (χ3v) is 4.60. The number of benzene rings is 2. The number of nitrogens with one attached hydrogen (secondary N) is 1. The molecule has 0 radical (unpaired) electrons. The molecule has 1 heterocycles. The predicted octanol–water partition coefficient (Wildman–Crippen LogP) is 3.56. The van der Waals surface area contributed by atoms with Gasteiger partial charge in [-0.15, -0.1) is 11.3 Å². The van der Waals surface area contributed by atoms with E-state index in [9.17, 15) is 9.90 Å². The number of aryl methyl sites for hydroxylation is 1. The summed E-state index contributed by atoms with van der Waals surface area (Å²) in [7, 11) is 0. The third-order valence-electron chi connectivity index (χ3n) is 3.83. The number of phenols is 1. The zero-order valence-corrected chi connectivity index (χ0v) is 15.3. The highest BCUT2D eigenvalue weighted by Crippen LogP contribution is 2.24. The summed E-state index contributed by atoms with van der Waals surface area (Å²) in [6.45, 7) is 2.39. The molecule has 1 aromatic heterocycles. The first-order chi connectivity index (χ1) is 12.6. The van der Waals surface area contributed by atoms with E-state index in [4.69, 9.17) is 4.74 Å². The highest BCUT2D eigenvalue weighted by atomic mass is 32.1. The van der Waals surface area contributed by atoms with E-state index in [1.807, 2.05) is 19.1 Å². The van der Waals surface area contributed by atoms with Gasteiger partial charge in [0.25, 0.3) is 5.91 Å². The molecule has 0 saturated heterocycles. The Balaban J connectivity index is 1.43. The first-order valence-corrected chi connectivity index (χ1v) is 9.19. The minimum absolute atomic E-state index is 0.0238. The number of phenolic OH excluding ortho intramolecular Hbond substituents is 1. The lowest BCUT2D eigenvalue weighted by atomic mass is 10.1. The van der Waals surface area contributed by atoms with Crippen LogP contribution in [0.2, 0.25) is 0 Å². The highest BCUT2D eigenvalue weighted by Gasteiger charge is 2.06. The predicted molar refractivity (Wildman–Crippen MR) is 103 cm³/mol. The Bertz CT molecular complexity index is 875. The van der Waals surface area contributed by atoms with Gasteiger partial charge in [0.1, 0.15) is 0 Å². The van der Waals surface area contributed by atoms with Gasteiger partial charge in [-0.05, 0) is 31.0 Å². The molecule has 0 bridgehead atoms. The summed E-state index contributed by atoms with van der Waals surface area (Å²) in [6, 6.07) is 14.8. The molecule has 0 spiro atoms. The summed E-state index contributed by atoms with van der Waals surface area (Å²) >= 11 is 1.64. The summed E-state index contributed by atoms with van der Waals surface area (Å²) in [6.07, 6.45) is 0.735. The first-order valence-electron chi connectivity index (χ1n) is 8.31. The number of rotatable bonds is 7. The van der Waals surface area contributed by atoms with E-state index in [0.29, 0.717) is 12.3 Å². The summed E-state index contributed by atoms with van der Waals surface area (Å²) in [5.41, 5.74) is 3.23. The molecule has 0 unspecified atom stereocenters. The van der Waals surface area contributed by atoms with Crippen molar-refractivity contribution in [3.05, 3.63) is 64.5 Å². The number of aromatic hydroxyl groups is 1. The second-order valence-electron chi connectivity index (χ2n) is 5.81. The van der Waals surface area contributed by atoms with Crippen LogP contribution in [0.15, 0.2) is 53.9 Å². The van der Waals surface area contributed by atoms with Gasteiger partial charge in [0.2, 0.25) is 0 Å². The van der Waals surface area contributed by atoms with Crippen molar-refractivity contribution < 1.29 is 14.6 Å². The van der Waals surface area contributed by atoms with Crippen LogP contribution in [0.25, 0.3) is 11.3 Å². The molecule has 26 heavy (non-hydrogen) atoms. The van der Waals surface area contributed by atoms with Crippen LogP contribution in [-0.4, -0.2) is 29.1 Å². The van der Waals surface area contributed by atoms with Crippen LogP contribution >= 0.6 is 11.3 Å². The SMILES string of the molecule is Cc1nc(-c2ccc(CCNC(=O)COc3ccccc3O)cc2)cs1. The van der Waals surface area contributed by atoms with Crippen LogP contribution in [0.3, 0.4) is 0 Å². The average Bonchev–Trinajstić information content (AvgIpc) is 3.08. The van der Waals surface area contributed by atoms with E-state index in [-0.39, 0.29) is 18.3 Å². The van der Waals surface area contributed by atoms with E-state index in [0.717, 1.165) is 28.2 Å². The number of thiazole rings is 1. The number of aromatic nitrogens is 1. The van der Waals surface area contributed by atoms with Crippen molar-refractivity contribution in [2.24, 2.45) is 0 Å². The van der Waals surface area contributed by atoms with E-state index in [1.165, 1.54) is 6.07 Å². The van der Waals surface area contributed by atoms with Gasteiger partial charge in [0.05, 0.1) is 10.7 Å². The fourth-order valence-corrected chi connectivity index (χ4v) is 3.08. The van der Waals surface area contributed by atoms with Crippen LogP contribution in [-0.2, 0) is 11.2 Å². The van der Waals surface area contributed by atoms with E-state index >= 15 is 0 Å². The molecule has 1 amide bonds. The van der Waals surface area contributed by atoms with Crippen molar-refractivity contribution in [2.75, 3.05) is 13.2 Å². The lowest BCUT2D eigenvalue weighted by Crippen LogP contribution is -2.30. The minimum atomic E-state index is -0.220. The number of para-hydroxylation sites is 2. The van der Waals surface area contributed by atoms with E-state index in [1.54, 1.807) is 29.5 Å². The van der Waals surface area contributed by atoms with Crippen molar-refractivity contribution >= 4 is 17.2 Å². The second-order valence-corrected chi connectivity index (χ2v) is 6.87. The molecule has 5 nitrogen and oxygen atoms in total. The fraction of sp³-hybridized carbons (Fsp3) is 0.200. The summed E-state index contributed by atoms with van der Waals surface area (Å²) < 4.78 is 5.30. The van der Waals surface area contributed by atoms with Crippen molar-refractivity contribution in [1.29, 1.82) is 0 Å². The lowest BCUT2D eigenvalue weighted by Gasteiger charge is -2.09. The van der Waals surface area contributed by atoms with Crippen LogP contribution in [0.1, 0.15) is 10.6 Å². The smallest absolute Gasteiger partial charge is 0.257 e. The third kappa shape index (κ3) is 4.83. The Hall–Kier alpha value is -2.86. The lowest BCUT2D eigenvalue weighted by molar-refractivity contribution is -0.123. The number of carbonyl (C=O) groups excluding carboxylic acids is 1. The van der Waals surface area contributed by atoms with Gasteiger partial charge in [-0.3, -0.25) is 4.79 Å². The van der Waals surface area contributed by atoms with Crippen molar-refractivity contribution in [3.8, 4) is 22.8 Å². The Labute approximate surface area is 156 Å². The Morgan fingerprint density at radius 3 is 2.65 bits per heavy atom. The first kappa shape index (κ1) is 17.9.